The number of rotatable bonds is 6. The molecule has 0 amide bonds. The van der Waals surface area contributed by atoms with Gasteiger partial charge in [0.2, 0.25) is 0 Å². The first kappa shape index (κ1) is 18.5. The smallest absolute Gasteiger partial charge is 0.257 e. The van der Waals surface area contributed by atoms with E-state index in [9.17, 15) is 4.79 Å². The summed E-state index contributed by atoms with van der Waals surface area (Å²) in [5.74, 6) is 0. The van der Waals surface area contributed by atoms with Gasteiger partial charge in [0.1, 0.15) is 0 Å². The van der Waals surface area contributed by atoms with Gasteiger partial charge in [-0.25, -0.2) is 4.98 Å². The van der Waals surface area contributed by atoms with Crippen molar-refractivity contribution in [2.24, 2.45) is 0 Å². The molecule has 0 saturated carbocycles. The summed E-state index contributed by atoms with van der Waals surface area (Å²) in [6, 6.07) is 18.4. The molecular formula is C22H24N2OS. The Balaban J connectivity index is 1.98. The van der Waals surface area contributed by atoms with Crippen LogP contribution in [0.4, 0.5) is 0 Å². The van der Waals surface area contributed by atoms with Crippen LogP contribution < -0.4 is 5.56 Å². The zero-order chi connectivity index (χ0) is 18.5. The summed E-state index contributed by atoms with van der Waals surface area (Å²) in [6.45, 7) is 6.84. The van der Waals surface area contributed by atoms with E-state index in [1.54, 1.807) is 18.0 Å². The molecular weight excluding hydrogens is 340 g/mol. The molecule has 4 heteroatoms. The van der Waals surface area contributed by atoms with E-state index in [0.717, 1.165) is 21.8 Å². The molecule has 0 radical (unpaired) electrons. The van der Waals surface area contributed by atoms with Gasteiger partial charge >= 0.3 is 0 Å². The van der Waals surface area contributed by atoms with Gasteiger partial charge in [0.25, 0.3) is 5.56 Å². The van der Waals surface area contributed by atoms with E-state index >= 15 is 0 Å². The van der Waals surface area contributed by atoms with Crippen LogP contribution in [-0.2, 0) is 13.0 Å². The predicted molar refractivity (Wildman–Crippen MR) is 109 cm³/mol. The third-order valence-electron chi connectivity index (χ3n) is 4.12. The zero-order valence-corrected chi connectivity index (χ0v) is 16.3. The first-order valence-electron chi connectivity index (χ1n) is 8.88. The largest absolute Gasteiger partial charge is 0.283 e. The number of benzene rings is 2. The molecule has 3 nitrogen and oxygen atoms in total. The second-order valence-corrected chi connectivity index (χ2v) is 8.32. The maximum Gasteiger partial charge on any atom is 0.257 e. The SMILES string of the molecule is Cc1ccc(Cn2c(SC(C)C)ncc(Cc3ccccc3)c2=O)cc1. The van der Waals surface area contributed by atoms with Crippen LogP contribution in [0.5, 0.6) is 0 Å². The summed E-state index contributed by atoms with van der Waals surface area (Å²) in [7, 11) is 0. The van der Waals surface area contributed by atoms with Gasteiger partial charge in [-0.1, -0.05) is 85.8 Å². The Hall–Kier alpha value is -2.33. The van der Waals surface area contributed by atoms with E-state index in [4.69, 9.17) is 0 Å². The van der Waals surface area contributed by atoms with Crippen molar-refractivity contribution in [3.63, 3.8) is 0 Å². The number of thioether (sulfide) groups is 1. The third-order valence-corrected chi connectivity index (χ3v) is 5.13. The van der Waals surface area contributed by atoms with Crippen LogP contribution in [-0.4, -0.2) is 14.8 Å². The quantitative estimate of drug-likeness (QED) is 0.470. The predicted octanol–water partition coefficient (Wildman–Crippen LogP) is 4.69. The lowest BCUT2D eigenvalue weighted by atomic mass is 10.1. The number of aryl methyl sites for hydroxylation is 1. The van der Waals surface area contributed by atoms with E-state index in [1.807, 2.05) is 34.9 Å². The number of hydrogen-bond acceptors (Lipinski definition) is 3. The summed E-state index contributed by atoms with van der Waals surface area (Å²) in [4.78, 5) is 17.8. The Bertz CT molecular complexity index is 915. The molecule has 134 valence electrons. The van der Waals surface area contributed by atoms with E-state index in [-0.39, 0.29) is 5.56 Å². The molecule has 0 unspecified atom stereocenters. The molecule has 0 saturated heterocycles. The second-order valence-electron chi connectivity index (χ2n) is 6.77. The van der Waals surface area contributed by atoms with Gasteiger partial charge < -0.3 is 0 Å². The van der Waals surface area contributed by atoms with Crippen molar-refractivity contribution in [1.29, 1.82) is 0 Å². The highest BCUT2D eigenvalue weighted by molar-refractivity contribution is 7.99. The molecule has 0 N–H and O–H groups in total. The van der Waals surface area contributed by atoms with Gasteiger partial charge in [0.05, 0.1) is 6.54 Å². The average molecular weight is 365 g/mol. The van der Waals surface area contributed by atoms with Gasteiger partial charge in [-0.2, -0.15) is 0 Å². The molecule has 0 fully saturated rings. The van der Waals surface area contributed by atoms with Crippen LogP contribution in [0.2, 0.25) is 0 Å². The Labute approximate surface area is 159 Å². The van der Waals surface area contributed by atoms with E-state index < -0.39 is 0 Å². The maximum atomic E-state index is 13.2. The Morgan fingerprint density at radius 2 is 1.69 bits per heavy atom. The van der Waals surface area contributed by atoms with Crippen molar-refractivity contribution in [3.8, 4) is 0 Å². The van der Waals surface area contributed by atoms with Crippen molar-refractivity contribution in [3.05, 3.63) is 93.4 Å². The Morgan fingerprint density at radius 3 is 2.35 bits per heavy atom. The van der Waals surface area contributed by atoms with Gasteiger partial charge in [-0.15, -0.1) is 0 Å². The summed E-state index contributed by atoms with van der Waals surface area (Å²) in [5.41, 5.74) is 4.23. The number of nitrogens with zero attached hydrogens (tertiary/aromatic N) is 2. The highest BCUT2D eigenvalue weighted by atomic mass is 32.2. The van der Waals surface area contributed by atoms with E-state index in [1.165, 1.54) is 5.56 Å². The molecule has 3 aromatic rings. The second kappa shape index (κ2) is 8.37. The summed E-state index contributed by atoms with van der Waals surface area (Å²) >= 11 is 1.63. The molecule has 0 bridgehead atoms. The average Bonchev–Trinajstić information content (AvgIpc) is 2.63. The van der Waals surface area contributed by atoms with Gasteiger partial charge in [-0.3, -0.25) is 9.36 Å². The molecule has 0 aliphatic rings. The first-order chi connectivity index (χ1) is 12.5. The molecule has 3 rings (SSSR count). The third kappa shape index (κ3) is 4.64. The minimum Gasteiger partial charge on any atom is -0.283 e. The van der Waals surface area contributed by atoms with Crippen LogP contribution in [0.1, 0.15) is 36.1 Å². The van der Waals surface area contributed by atoms with Crippen LogP contribution in [0, 0.1) is 6.92 Å². The summed E-state index contributed by atoms with van der Waals surface area (Å²) < 4.78 is 1.81. The molecule has 26 heavy (non-hydrogen) atoms. The molecule has 2 aromatic carbocycles. The van der Waals surface area contributed by atoms with Gasteiger partial charge in [-0.05, 0) is 18.1 Å². The first-order valence-corrected chi connectivity index (χ1v) is 9.75. The van der Waals surface area contributed by atoms with Crippen molar-refractivity contribution in [1.82, 2.24) is 9.55 Å². The highest BCUT2D eigenvalue weighted by Gasteiger charge is 2.13. The lowest BCUT2D eigenvalue weighted by molar-refractivity contribution is 0.634. The number of hydrogen-bond donors (Lipinski definition) is 0. The van der Waals surface area contributed by atoms with E-state index in [0.29, 0.717) is 18.2 Å². The van der Waals surface area contributed by atoms with Crippen LogP contribution in [0.3, 0.4) is 0 Å². The van der Waals surface area contributed by atoms with Crippen LogP contribution >= 0.6 is 11.8 Å². The zero-order valence-electron chi connectivity index (χ0n) is 15.5. The van der Waals surface area contributed by atoms with Crippen molar-refractivity contribution in [2.45, 2.75) is 44.1 Å². The van der Waals surface area contributed by atoms with Crippen LogP contribution in [0.25, 0.3) is 0 Å². The maximum absolute atomic E-state index is 13.2. The summed E-state index contributed by atoms with van der Waals surface area (Å²) in [5, 5.41) is 1.15. The van der Waals surface area contributed by atoms with Gasteiger partial charge in [0, 0.05) is 23.4 Å². The fourth-order valence-corrected chi connectivity index (χ4v) is 3.59. The lowest BCUT2D eigenvalue weighted by Gasteiger charge is -2.15. The molecule has 1 heterocycles. The minimum absolute atomic E-state index is 0.0487. The Kier molecular flexibility index (Phi) is 5.94. The highest BCUT2D eigenvalue weighted by Crippen LogP contribution is 2.21. The molecule has 0 aliphatic heterocycles. The van der Waals surface area contributed by atoms with Crippen LogP contribution in [0.15, 0.2) is 70.7 Å². The fourth-order valence-electron chi connectivity index (χ4n) is 2.78. The molecule has 0 spiro atoms. The standard InChI is InChI=1S/C22H24N2OS/c1-16(2)26-22-23-14-20(13-18-7-5-4-6-8-18)21(25)24(22)15-19-11-9-17(3)10-12-19/h4-12,14,16H,13,15H2,1-3H3. The van der Waals surface area contributed by atoms with Crippen molar-refractivity contribution >= 4 is 11.8 Å². The van der Waals surface area contributed by atoms with Crippen molar-refractivity contribution < 1.29 is 0 Å². The molecule has 0 atom stereocenters. The van der Waals surface area contributed by atoms with Crippen molar-refractivity contribution in [2.75, 3.05) is 0 Å². The summed E-state index contributed by atoms with van der Waals surface area (Å²) in [6.07, 6.45) is 2.35. The molecule has 0 aliphatic carbocycles. The van der Waals surface area contributed by atoms with E-state index in [2.05, 4.69) is 50.0 Å². The normalized spacial score (nSPS) is 11.1. The Morgan fingerprint density at radius 1 is 1.00 bits per heavy atom. The minimum atomic E-state index is 0.0487. The fraction of sp³-hybridized carbons (Fsp3) is 0.273. The lowest BCUT2D eigenvalue weighted by Crippen LogP contribution is -2.27. The topological polar surface area (TPSA) is 34.9 Å². The monoisotopic (exact) mass is 364 g/mol. The molecule has 1 aromatic heterocycles. The number of aromatic nitrogens is 2. The van der Waals surface area contributed by atoms with Gasteiger partial charge in [0.15, 0.2) is 5.16 Å².